The second-order valence-corrected chi connectivity index (χ2v) is 9.67. The van der Waals surface area contributed by atoms with Gasteiger partial charge in [0.1, 0.15) is 11.6 Å². The molecule has 0 aliphatic carbocycles. The number of amides is 1. The molecular weight excluding hydrogens is 396 g/mol. The molecule has 1 amide bonds. The molecule has 2 aliphatic heterocycles. The third-order valence-electron chi connectivity index (χ3n) is 5.94. The SMILES string of the molecule is Cc1cc(Nc2ncc(C)s2)nc(C2CCCCN2CC(=O)N2CCCCCC2)n1. The average molecular weight is 429 g/mol. The van der Waals surface area contributed by atoms with Crippen LogP contribution >= 0.6 is 11.3 Å². The van der Waals surface area contributed by atoms with E-state index in [2.05, 4.69) is 20.1 Å². The Morgan fingerprint density at radius 3 is 2.60 bits per heavy atom. The number of carbonyl (C=O) groups excluding carboxylic acids is 1. The largest absolute Gasteiger partial charge is 0.342 e. The standard InChI is InChI=1S/C22H32N6OS/c1-16-13-19(26-22-23-14-17(2)30-22)25-21(24-16)18-9-5-8-12-28(18)15-20(29)27-10-6-3-4-7-11-27/h13-14,18H,3-12,15H2,1-2H3,(H,23,24,25,26). The number of nitrogens with zero attached hydrogens (tertiary/aromatic N) is 5. The molecule has 0 spiro atoms. The number of aromatic nitrogens is 3. The van der Waals surface area contributed by atoms with Gasteiger partial charge in [-0.2, -0.15) is 0 Å². The number of nitrogens with one attached hydrogen (secondary N) is 1. The second kappa shape index (κ2) is 9.83. The topological polar surface area (TPSA) is 74.2 Å². The van der Waals surface area contributed by atoms with E-state index in [4.69, 9.17) is 9.97 Å². The van der Waals surface area contributed by atoms with Crippen molar-refractivity contribution in [3.8, 4) is 0 Å². The summed E-state index contributed by atoms with van der Waals surface area (Å²) >= 11 is 1.61. The Labute approximate surface area is 182 Å². The van der Waals surface area contributed by atoms with Crippen LogP contribution in [-0.4, -0.2) is 56.8 Å². The number of anilines is 2. The van der Waals surface area contributed by atoms with E-state index in [0.717, 1.165) is 79.1 Å². The van der Waals surface area contributed by atoms with E-state index >= 15 is 0 Å². The lowest BCUT2D eigenvalue weighted by Crippen LogP contribution is -2.44. The summed E-state index contributed by atoms with van der Waals surface area (Å²) in [5.41, 5.74) is 0.931. The molecule has 0 saturated carbocycles. The minimum Gasteiger partial charge on any atom is -0.342 e. The molecule has 8 heteroatoms. The third-order valence-corrected chi connectivity index (χ3v) is 6.76. The van der Waals surface area contributed by atoms with Crippen molar-refractivity contribution in [1.82, 2.24) is 24.8 Å². The van der Waals surface area contributed by atoms with Crippen LogP contribution in [0.5, 0.6) is 0 Å². The number of rotatable bonds is 5. The summed E-state index contributed by atoms with van der Waals surface area (Å²) in [5, 5.41) is 4.16. The minimum atomic E-state index is 0.0909. The van der Waals surface area contributed by atoms with E-state index in [0.29, 0.717) is 6.54 Å². The zero-order chi connectivity index (χ0) is 20.9. The van der Waals surface area contributed by atoms with Crippen molar-refractivity contribution in [3.05, 3.63) is 28.7 Å². The van der Waals surface area contributed by atoms with Gasteiger partial charge in [0.15, 0.2) is 5.13 Å². The van der Waals surface area contributed by atoms with Gasteiger partial charge in [-0.3, -0.25) is 9.69 Å². The quantitative estimate of drug-likeness (QED) is 0.768. The monoisotopic (exact) mass is 428 g/mol. The predicted molar refractivity (Wildman–Crippen MR) is 120 cm³/mol. The van der Waals surface area contributed by atoms with Gasteiger partial charge in [-0.25, -0.2) is 15.0 Å². The molecular formula is C22H32N6OS. The number of hydrogen-bond acceptors (Lipinski definition) is 7. The van der Waals surface area contributed by atoms with Crippen molar-refractivity contribution < 1.29 is 4.79 Å². The third kappa shape index (κ3) is 5.35. The van der Waals surface area contributed by atoms with Crippen LogP contribution in [0.2, 0.25) is 0 Å². The number of likely N-dealkylation sites (tertiary alicyclic amines) is 2. The molecule has 2 fully saturated rings. The highest BCUT2D eigenvalue weighted by molar-refractivity contribution is 7.15. The molecule has 4 heterocycles. The van der Waals surface area contributed by atoms with Crippen LogP contribution in [0, 0.1) is 13.8 Å². The van der Waals surface area contributed by atoms with E-state index < -0.39 is 0 Å². The van der Waals surface area contributed by atoms with Crippen molar-refractivity contribution in [2.45, 2.75) is 64.8 Å². The lowest BCUT2D eigenvalue weighted by Gasteiger charge is -2.35. The molecule has 30 heavy (non-hydrogen) atoms. The predicted octanol–water partition coefficient (Wildman–Crippen LogP) is 4.22. The van der Waals surface area contributed by atoms with Gasteiger partial charge in [-0.1, -0.05) is 19.3 Å². The highest BCUT2D eigenvalue weighted by Crippen LogP contribution is 2.30. The first-order chi connectivity index (χ1) is 14.6. The highest BCUT2D eigenvalue weighted by Gasteiger charge is 2.29. The van der Waals surface area contributed by atoms with Gasteiger partial charge in [0.25, 0.3) is 0 Å². The molecule has 1 atom stereocenters. The lowest BCUT2D eigenvalue weighted by molar-refractivity contribution is -0.133. The van der Waals surface area contributed by atoms with E-state index in [1.807, 2.05) is 26.1 Å². The van der Waals surface area contributed by atoms with Crippen LogP contribution in [0.1, 0.15) is 67.4 Å². The number of carbonyl (C=O) groups is 1. The molecule has 4 rings (SSSR count). The first-order valence-corrected chi connectivity index (χ1v) is 12.0. The maximum absolute atomic E-state index is 13.0. The summed E-state index contributed by atoms with van der Waals surface area (Å²) in [6.45, 7) is 7.24. The molecule has 162 valence electrons. The van der Waals surface area contributed by atoms with Crippen molar-refractivity contribution >= 4 is 28.2 Å². The Kier molecular flexibility index (Phi) is 6.94. The fraction of sp³-hybridized carbons (Fsp3) is 0.636. The summed E-state index contributed by atoms with van der Waals surface area (Å²) < 4.78 is 0. The zero-order valence-electron chi connectivity index (χ0n) is 18.1. The van der Waals surface area contributed by atoms with Crippen LogP contribution < -0.4 is 5.32 Å². The van der Waals surface area contributed by atoms with Gasteiger partial charge in [0, 0.05) is 35.9 Å². The van der Waals surface area contributed by atoms with Gasteiger partial charge in [-0.05, 0) is 46.1 Å². The number of hydrogen-bond donors (Lipinski definition) is 1. The van der Waals surface area contributed by atoms with Crippen molar-refractivity contribution in [2.75, 3.05) is 31.5 Å². The summed E-state index contributed by atoms with van der Waals surface area (Å²) in [4.78, 5) is 32.5. The van der Waals surface area contributed by atoms with Crippen LogP contribution in [0.25, 0.3) is 0 Å². The molecule has 2 aromatic rings. The first kappa shape index (κ1) is 21.2. The molecule has 7 nitrogen and oxygen atoms in total. The fourth-order valence-electron chi connectivity index (χ4n) is 4.39. The van der Waals surface area contributed by atoms with Crippen molar-refractivity contribution in [1.29, 1.82) is 0 Å². The van der Waals surface area contributed by atoms with Crippen LogP contribution in [-0.2, 0) is 4.79 Å². The maximum Gasteiger partial charge on any atom is 0.236 e. The summed E-state index contributed by atoms with van der Waals surface area (Å²) in [7, 11) is 0. The molecule has 0 radical (unpaired) electrons. The van der Waals surface area contributed by atoms with E-state index in [9.17, 15) is 4.79 Å². The fourth-order valence-corrected chi connectivity index (χ4v) is 5.06. The average Bonchev–Trinajstić information content (AvgIpc) is 2.96. The second-order valence-electron chi connectivity index (χ2n) is 8.43. The van der Waals surface area contributed by atoms with Gasteiger partial charge in [-0.15, -0.1) is 11.3 Å². The number of piperidine rings is 1. The Balaban J connectivity index is 1.49. The van der Waals surface area contributed by atoms with Crippen molar-refractivity contribution in [2.24, 2.45) is 0 Å². The summed E-state index contributed by atoms with van der Waals surface area (Å²) in [5.74, 6) is 1.85. The summed E-state index contributed by atoms with van der Waals surface area (Å²) in [6.07, 6.45) is 9.85. The first-order valence-electron chi connectivity index (χ1n) is 11.2. The van der Waals surface area contributed by atoms with Crippen LogP contribution in [0.15, 0.2) is 12.3 Å². The Bertz CT molecular complexity index is 861. The van der Waals surface area contributed by atoms with E-state index in [-0.39, 0.29) is 11.9 Å². The molecule has 0 bridgehead atoms. The Hall–Kier alpha value is -2.06. The molecule has 2 aromatic heterocycles. The lowest BCUT2D eigenvalue weighted by atomic mass is 10.0. The van der Waals surface area contributed by atoms with Gasteiger partial charge < -0.3 is 10.2 Å². The van der Waals surface area contributed by atoms with E-state index in [1.54, 1.807) is 11.3 Å². The number of thiazole rings is 1. The molecule has 2 aliphatic rings. The van der Waals surface area contributed by atoms with Crippen LogP contribution in [0.3, 0.4) is 0 Å². The smallest absolute Gasteiger partial charge is 0.236 e. The maximum atomic E-state index is 13.0. The van der Waals surface area contributed by atoms with Gasteiger partial charge in [0.05, 0.1) is 12.6 Å². The minimum absolute atomic E-state index is 0.0909. The molecule has 2 saturated heterocycles. The molecule has 0 aromatic carbocycles. The normalized spacial score (nSPS) is 20.7. The van der Waals surface area contributed by atoms with Gasteiger partial charge in [0.2, 0.25) is 5.91 Å². The Morgan fingerprint density at radius 1 is 1.10 bits per heavy atom. The Morgan fingerprint density at radius 2 is 1.87 bits per heavy atom. The number of aryl methyl sites for hydroxylation is 2. The van der Waals surface area contributed by atoms with Gasteiger partial charge >= 0.3 is 0 Å². The van der Waals surface area contributed by atoms with Crippen LogP contribution in [0.4, 0.5) is 10.9 Å². The molecule has 1 N–H and O–H groups in total. The summed E-state index contributed by atoms with van der Waals surface area (Å²) in [6, 6.07) is 2.05. The zero-order valence-corrected chi connectivity index (χ0v) is 18.9. The highest BCUT2D eigenvalue weighted by atomic mass is 32.1. The van der Waals surface area contributed by atoms with E-state index in [1.165, 1.54) is 12.8 Å². The van der Waals surface area contributed by atoms with Crippen molar-refractivity contribution in [3.63, 3.8) is 0 Å². The molecule has 1 unspecified atom stereocenters.